The number of rotatable bonds is 11. The summed E-state index contributed by atoms with van der Waals surface area (Å²) in [4.78, 5) is 28.2. The molecule has 0 spiro atoms. The van der Waals surface area contributed by atoms with E-state index >= 15 is 0 Å². The summed E-state index contributed by atoms with van der Waals surface area (Å²) < 4.78 is 28.7. The van der Waals surface area contributed by atoms with Gasteiger partial charge < -0.3 is 10.2 Å². The maximum absolute atomic E-state index is 13.9. The van der Waals surface area contributed by atoms with Gasteiger partial charge in [-0.3, -0.25) is 13.9 Å². The van der Waals surface area contributed by atoms with Crippen molar-refractivity contribution in [3.05, 3.63) is 94.0 Å². The summed E-state index contributed by atoms with van der Waals surface area (Å²) in [5, 5.41) is 3.80. The highest BCUT2D eigenvalue weighted by Gasteiger charge is 2.33. The fourth-order valence-corrected chi connectivity index (χ4v) is 5.75. The number of benzene rings is 3. The third-order valence-electron chi connectivity index (χ3n) is 6.02. The van der Waals surface area contributed by atoms with Crippen molar-refractivity contribution in [3.8, 4) is 0 Å². The normalized spacial score (nSPS) is 12.0. The van der Waals surface area contributed by atoms with Crippen LogP contribution in [-0.4, -0.2) is 44.3 Å². The number of sulfonamides is 1. The second-order valence-corrected chi connectivity index (χ2v) is 11.6. The molecule has 0 aliphatic heterocycles. The van der Waals surface area contributed by atoms with Crippen molar-refractivity contribution in [1.29, 1.82) is 0 Å². The summed E-state index contributed by atoms with van der Waals surface area (Å²) in [5.41, 5.74) is 1.65. The molecule has 0 aliphatic carbocycles. The molecule has 0 aromatic heterocycles. The molecule has 2 amide bonds. The van der Waals surface area contributed by atoms with Crippen LogP contribution in [0.5, 0.6) is 0 Å². The molecular weight excluding hydrogens is 545 g/mol. The molecule has 3 aromatic carbocycles. The van der Waals surface area contributed by atoms with Gasteiger partial charge in [-0.25, -0.2) is 8.42 Å². The molecule has 0 aliphatic rings. The number of carbonyl (C=O) groups excluding carboxylic acids is 2. The number of anilines is 1. The number of hydrogen-bond donors (Lipinski definition) is 1. The minimum absolute atomic E-state index is 0.0418. The Hall–Kier alpha value is -3.07. The number of nitrogens with one attached hydrogen (secondary N) is 1. The molecule has 1 N–H and O–H groups in total. The highest BCUT2D eigenvalue weighted by molar-refractivity contribution is 7.92. The van der Waals surface area contributed by atoms with Gasteiger partial charge in [-0.15, -0.1) is 0 Å². The minimum atomic E-state index is -4.13. The third-order valence-corrected chi connectivity index (χ3v) is 8.28. The number of amides is 2. The molecule has 3 aromatic rings. The van der Waals surface area contributed by atoms with Gasteiger partial charge in [0.15, 0.2) is 0 Å². The van der Waals surface area contributed by atoms with E-state index in [2.05, 4.69) is 5.32 Å². The van der Waals surface area contributed by atoms with E-state index in [-0.39, 0.29) is 17.3 Å². The van der Waals surface area contributed by atoms with E-state index in [1.54, 1.807) is 74.5 Å². The van der Waals surface area contributed by atoms with Crippen LogP contribution in [0.4, 0.5) is 5.69 Å². The second kappa shape index (κ2) is 13.1. The number of carbonyl (C=O) groups is 2. The Balaban J connectivity index is 2.03. The lowest BCUT2D eigenvalue weighted by Gasteiger charge is -2.32. The second-order valence-electron chi connectivity index (χ2n) is 8.87. The average Bonchev–Trinajstić information content (AvgIpc) is 2.90. The first-order valence-corrected chi connectivity index (χ1v) is 14.4. The fraction of sp³-hybridized carbons (Fsp3) is 0.286. The molecule has 0 saturated heterocycles. The number of hydrogen-bond acceptors (Lipinski definition) is 4. The summed E-state index contributed by atoms with van der Waals surface area (Å²) in [7, 11) is -4.13. The first-order chi connectivity index (χ1) is 18.0. The van der Waals surface area contributed by atoms with Gasteiger partial charge >= 0.3 is 0 Å². The Morgan fingerprint density at radius 3 is 2.18 bits per heavy atom. The van der Waals surface area contributed by atoms with Crippen molar-refractivity contribution >= 4 is 50.7 Å². The van der Waals surface area contributed by atoms with E-state index in [0.29, 0.717) is 27.8 Å². The van der Waals surface area contributed by atoms with Crippen molar-refractivity contribution in [2.75, 3.05) is 17.4 Å². The van der Waals surface area contributed by atoms with E-state index in [0.717, 1.165) is 16.3 Å². The van der Waals surface area contributed by atoms with Crippen LogP contribution in [0.2, 0.25) is 10.0 Å². The molecule has 202 valence electrons. The number of aryl methyl sites for hydroxylation is 1. The highest BCUT2D eigenvalue weighted by Crippen LogP contribution is 2.29. The quantitative estimate of drug-likeness (QED) is 0.330. The van der Waals surface area contributed by atoms with Crippen molar-refractivity contribution in [2.45, 2.75) is 44.7 Å². The molecule has 0 saturated carbocycles. The summed E-state index contributed by atoms with van der Waals surface area (Å²) >= 11 is 12.2. The Kier molecular flexibility index (Phi) is 10.2. The predicted octanol–water partition coefficient (Wildman–Crippen LogP) is 5.44. The Bertz CT molecular complexity index is 1370. The molecule has 1 atom stereocenters. The van der Waals surface area contributed by atoms with Gasteiger partial charge in [-0.1, -0.05) is 60.5 Å². The first-order valence-electron chi connectivity index (χ1n) is 12.2. The molecule has 10 heteroatoms. The predicted molar refractivity (Wildman–Crippen MR) is 152 cm³/mol. The zero-order valence-corrected chi connectivity index (χ0v) is 23.9. The van der Waals surface area contributed by atoms with Crippen molar-refractivity contribution < 1.29 is 18.0 Å². The molecule has 38 heavy (non-hydrogen) atoms. The lowest BCUT2D eigenvalue weighted by Crippen LogP contribution is -2.51. The van der Waals surface area contributed by atoms with E-state index in [1.165, 1.54) is 17.0 Å². The summed E-state index contributed by atoms with van der Waals surface area (Å²) in [6.07, 6.45) is 0.739. The summed E-state index contributed by atoms with van der Waals surface area (Å²) in [6.45, 7) is 5.33. The van der Waals surface area contributed by atoms with Gasteiger partial charge in [0.2, 0.25) is 11.8 Å². The maximum Gasteiger partial charge on any atom is 0.264 e. The maximum atomic E-state index is 13.9. The van der Waals surface area contributed by atoms with E-state index in [4.69, 9.17) is 23.2 Å². The van der Waals surface area contributed by atoms with Crippen molar-refractivity contribution in [3.63, 3.8) is 0 Å². The van der Waals surface area contributed by atoms with Crippen LogP contribution >= 0.6 is 23.2 Å². The number of nitrogens with zero attached hydrogens (tertiary/aromatic N) is 2. The Morgan fingerprint density at radius 2 is 1.58 bits per heavy atom. The smallest absolute Gasteiger partial charge is 0.264 e. The van der Waals surface area contributed by atoms with Crippen molar-refractivity contribution in [1.82, 2.24) is 10.2 Å². The average molecular weight is 577 g/mol. The van der Waals surface area contributed by atoms with Crippen LogP contribution in [0.25, 0.3) is 0 Å². The molecule has 0 unspecified atom stereocenters. The largest absolute Gasteiger partial charge is 0.354 e. The molecule has 0 bridgehead atoms. The fourth-order valence-electron chi connectivity index (χ4n) is 3.90. The lowest BCUT2D eigenvalue weighted by molar-refractivity contribution is -0.139. The van der Waals surface area contributed by atoms with Crippen LogP contribution < -0.4 is 9.62 Å². The SMILES string of the molecule is CCCNC(=O)[C@@H](C)N(Cc1ccc(Cl)cc1)C(=O)CN(c1ccc(Cl)cc1C)S(=O)(=O)c1ccccc1. The lowest BCUT2D eigenvalue weighted by atomic mass is 10.1. The molecular formula is C28H31Cl2N3O4S. The minimum Gasteiger partial charge on any atom is -0.354 e. The van der Waals surface area contributed by atoms with Crippen LogP contribution in [0.3, 0.4) is 0 Å². The van der Waals surface area contributed by atoms with E-state index in [1.807, 2.05) is 6.92 Å². The zero-order chi connectivity index (χ0) is 27.9. The topological polar surface area (TPSA) is 86.8 Å². The third kappa shape index (κ3) is 7.28. The molecule has 0 radical (unpaired) electrons. The number of halogens is 2. The Labute approximate surface area is 234 Å². The summed E-state index contributed by atoms with van der Waals surface area (Å²) in [6, 6.07) is 18.8. The van der Waals surface area contributed by atoms with Crippen LogP contribution in [0.1, 0.15) is 31.4 Å². The molecule has 3 rings (SSSR count). The Morgan fingerprint density at radius 1 is 0.947 bits per heavy atom. The monoisotopic (exact) mass is 575 g/mol. The van der Waals surface area contributed by atoms with E-state index < -0.39 is 28.5 Å². The van der Waals surface area contributed by atoms with Gasteiger partial charge in [-0.05, 0) is 73.9 Å². The van der Waals surface area contributed by atoms with Crippen molar-refractivity contribution in [2.24, 2.45) is 0 Å². The standard InChI is InChI=1S/C28H31Cl2N3O4S/c1-4-16-31-28(35)21(3)32(18-22-10-12-23(29)13-11-22)27(34)19-33(26-15-14-24(30)17-20(26)2)38(36,37)25-8-6-5-7-9-25/h5-15,17,21H,4,16,18-19H2,1-3H3,(H,31,35)/t21-/m1/s1. The van der Waals surface area contributed by atoms with Gasteiger partial charge in [0.05, 0.1) is 10.6 Å². The van der Waals surface area contributed by atoms with E-state index in [9.17, 15) is 18.0 Å². The van der Waals surface area contributed by atoms with Gasteiger partial charge in [-0.2, -0.15) is 0 Å². The van der Waals surface area contributed by atoms with Gasteiger partial charge in [0.25, 0.3) is 10.0 Å². The summed E-state index contributed by atoms with van der Waals surface area (Å²) in [5.74, 6) is -0.859. The molecule has 0 heterocycles. The zero-order valence-electron chi connectivity index (χ0n) is 21.5. The molecule has 7 nitrogen and oxygen atoms in total. The van der Waals surface area contributed by atoms with Gasteiger partial charge in [0, 0.05) is 23.1 Å². The van der Waals surface area contributed by atoms with Crippen LogP contribution in [0, 0.1) is 6.92 Å². The highest BCUT2D eigenvalue weighted by atomic mass is 35.5. The van der Waals surface area contributed by atoms with Crippen LogP contribution in [0.15, 0.2) is 77.7 Å². The molecule has 0 fully saturated rings. The first kappa shape index (κ1) is 29.5. The van der Waals surface area contributed by atoms with Crippen LogP contribution in [-0.2, 0) is 26.2 Å². The van der Waals surface area contributed by atoms with Gasteiger partial charge in [0.1, 0.15) is 12.6 Å².